The van der Waals surface area contributed by atoms with Crippen LogP contribution >= 0.6 is 11.3 Å². The molecule has 5 rings (SSSR count). The lowest BCUT2D eigenvalue weighted by atomic mass is 10.1. The predicted molar refractivity (Wildman–Crippen MR) is 121 cm³/mol. The summed E-state index contributed by atoms with van der Waals surface area (Å²) in [5, 5.41) is 5.03. The van der Waals surface area contributed by atoms with Crippen LogP contribution in [0.1, 0.15) is 46.4 Å². The Bertz CT molecular complexity index is 959. The normalized spacial score (nSPS) is 18.3. The SMILES string of the molecule is O=C1CCCC(=O)N1.O=C1NCc2cc(COc3ccc(CN4CCOCC4)cc3)sc21.[HH]. The van der Waals surface area contributed by atoms with Gasteiger partial charge in [-0.05, 0) is 35.7 Å². The smallest absolute Gasteiger partial charge is 0.261 e. The lowest BCUT2D eigenvalue weighted by Crippen LogP contribution is -2.35. The molecule has 1 aromatic carbocycles. The molecule has 0 spiro atoms. The van der Waals surface area contributed by atoms with E-state index in [0.717, 1.165) is 53.9 Å². The van der Waals surface area contributed by atoms with E-state index in [0.29, 0.717) is 32.4 Å². The van der Waals surface area contributed by atoms with Crippen LogP contribution in [-0.2, 0) is 34.0 Å². The minimum atomic E-state index is -0.138. The van der Waals surface area contributed by atoms with E-state index in [-0.39, 0.29) is 19.1 Å². The highest BCUT2D eigenvalue weighted by atomic mass is 32.1. The van der Waals surface area contributed by atoms with Crippen LogP contribution in [0.2, 0.25) is 0 Å². The Labute approximate surface area is 192 Å². The molecule has 0 aliphatic carbocycles. The third-order valence-electron chi connectivity index (χ3n) is 5.41. The zero-order valence-corrected chi connectivity index (χ0v) is 18.7. The topological polar surface area (TPSA) is 97.0 Å². The molecule has 2 fully saturated rings. The fourth-order valence-electron chi connectivity index (χ4n) is 3.69. The Kier molecular flexibility index (Phi) is 7.51. The summed E-state index contributed by atoms with van der Waals surface area (Å²) in [4.78, 5) is 36.6. The molecular formula is C23H29N3O5S. The largest absolute Gasteiger partial charge is 0.488 e. The van der Waals surface area contributed by atoms with Gasteiger partial charge in [-0.3, -0.25) is 24.6 Å². The maximum absolute atomic E-state index is 11.6. The summed E-state index contributed by atoms with van der Waals surface area (Å²) in [6.07, 6.45) is 1.72. The van der Waals surface area contributed by atoms with Crippen molar-refractivity contribution >= 4 is 29.1 Å². The van der Waals surface area contributed by atoms with Gasteiger partial charge in [-0.2, -0.15) is 0 Å². The molecule has 3 aliphatic rings. The van der Waals surface area contributed by atoms with Crippen molar-refractivity contribution in [3.63, 3.8) is 0 Å². The van der Waals surface area contributed by atoms with E-state index in [1.807, 2.05) is 12.1 Å². The van der Waals surface area contributed by atoms with Crippen LogP contribution in [0.15, 0.2) is 30.3 Å². The highest BCUT2D eigenvalue weighted by molar-refractivity contribution is 7.14. The first-order valence-electron chi connectivity index (χ1n) is 10.8. The third-order valence-corrected chi connectivity index (χ3v) is 6.56. The first kappa shape index (κ1) is 22.4. The number of thiophene rings is 1. The van der Waals surface area contributed by atoms with Gasteiger partial charge in [0.1, 0.15) is 12.4 Å². The number of benzene rings is 1. The number of hydrogen-bond donors (Lipinski definition) is 2. The van der Waals surface area contributed by atoms with Crippen LogP contribution < -0.4 is 15.4 Å². The van der Waals surface area contributed by atoms with Crippen LogP contribution in [0.3, 0.4) is 0 Å². The van der Waals surface area contributed by atoms with E-state index >= 15 is 0 Å². The first-order valence-corrected chi connectivity index (χ1v) is 11.6. The van der Waals surface area contributed by atoms with Gasteiger partial charge in [-0.1, -0.05) is 12.1 Å². The molecule has 2 saturated heterocycles. The van der Waals surface area contributed by atoms with E-state index in [2.05, 4.69) is 33.7 Å². The molecular weight excluding hydrogens is 430 g/mol. The Balaban J connectivity index is 0.000000290. The maximum atomic E-state index is 11.6. The lowest BCUT2D eigenvalue weighted by molar-refractivity contribution is -0.132. The van der Waals surface area contributed by atoms with Crippen molar-refractivity contribution in [1.82, 2.24) is 15.5 Å². The van der Waals surface area contributed by atoms with Crippen molar-refractivity contribution in [3.05, 3.63) is 51.2 Å². The summed E-state index contributed by atoms with van der Waals surface area (Å²) in [6.45, 7) is 5.74. The van der Waals surface area contributed by atoms with Crippen molar-refractivity contribution in [2.45, 2.75) is 39.0 Å². The van der Waals surface area contributed by atoms with Crippen LogP contribution in [0, 0.1) is 0 Å². The third kappa shape index (κ3) is 6.15. The Morgan fingerprint density at radius 2 is 1.78 bits per heavy atom. The van der Waals surface area contributed by atoms with E-state index in [1.54, 1.807) is 0 Å². The maximum Gasteiger partial charge on any atom is 0.261 e. The first-order chi connectivity index (χ1) is 15.6. The standard InChI is InChI=1S/C18H20N2O3S.C5H7NO2.H2/c21-18-17-14(10-19-18)9-16(24-17)12-23-15-3-1-13(2-4-15)11-20-5-7-22-8-6-20;7-4-2-1-3-5(8)6-4;/h1-4,9H,5-8,10-12H2,(H,19,21);1-3H2,(H,6,7,8);1H. The van der Waals surface area contributed by atoms with Crippen LogP contribution in [0.5, 0.6) is 5.75 Å². The van der Waals surface area contributed by atoms with Gasteiger partial charge in [0.25, 0.3) is 5.91 Å². The summed E-state index contributed by atoms with van der Waals surface area (Å²) in [5.74, 6) is 0.620. The number of rotatable bonds is 5. The zero-order chi connectivity index (χ0) is 22.3. The van der Waals surface area contributed by atoms with Crippen molar-refractivity contribution in [3.8, 4) is 5.75 Å². The summed E-state index contributed by atoms with van der Waals surface area (Å²) in [5.41, 5.74) is 2.38. The summed E-state index contributed by atoms with van der Waals surface area (Å²) < 4.78 is 11.2. The molecule has 1 aromatic heterocycles. The van der Waals surface area contributed by atoms with Gasteiger partial charge in [-0.15, -0.1) is 11.3 Å². The molecule has 172 valence electrons. The van der Waals surface area contributed by atoms with Crippen LogP contribution in [-0.4, -0.2) is 48.9 Å². The molecule has 32 heavy (non-hydrogen) atoms. The molecule has 8 nitrogen and oxygen atoms in total. The van der Waals surface area contributed by atoms with E-state index in [1.165, 1.54) is 16.9 Å². The highest BCUT2D eigenvalue weighted by Gasteiger charge is 2.22. The van der Waals surface area contributed by atoms with Gasteiger partial charge in [-0.25, -0.2) is 0 Å². The summed E-state index contributed by atoms with van der Waals surface area (Å²) in [7, 11) is 0. The second-order valence-electron chi connectivity index (χ2n) is 7.90. The van der Waals surface area contributed by atoms with Crippen molar-refractivity contribution in [2.75, 3.05) is 26.3 Å². The Morgan fingerprint density at radius 1 is 1.06 bits per heavy atom. The minimum absolute atomic E-state index is 0. The Hall–Kier alpha value is -2.75. The average molecular weight is 460 g/mol. The molecule has 0 unspecified atom stereocenters. The number of hydrogen-bond acceptors (Lipinski definition) is 7. The number of fused-ring (bicyclic) bond motifs is 1. The molecule has 3 aliphatic heterocycles. The number of piperidine rings is 1. The number of imide groups is 1. The van der Waals surface area contributed by atoms with Crippen molar-refractivity contribution in [2.24, 2.45) is 0 Å². The number of carbonyl (C=O) groups excluding carboxylic acids is 3. The fraction of sp³-hybridized carbons (Fsp3) is 0.435. The molecule has 4 heterocycles. The summed E-state index contributed by atoms with van der Waals surface area (Å²) in [6, 6.07) is 10.3. The molecule has 2 N–H and O–H groups in total. The fourth-order valence-corrected chi connectivity index (χ4v) is 4.70. The van der Waals surface area contributed by atoms with E-state index in [9.17, 15) is 14.4 Å². The van der Waals surface area contributed by atoms with Crippen molar-refractivity contribution < 1.29 is 25.3 Å². The predicted octanol–water partition coefficient (Wildman–Crippen LogP) is 2.46. The van der Waals surface area contributed by atoms with Gasteiger partial charge in [0, 0.05) is 45.3 Å². The van der Waals surface area contributed by atoms with Crippen molar-refractivity contribution in [1.29, 1.82) is 0 Å². The average Bonchev–Trinajstić information content (AvgIpc) is 3.36. The Morgan fingerprint density at radius 3 is 2.41 bits per heavy atom. The molecule has 9 heteroatoms. The zero-order valence-electron chi connectivity index (χ0n) is 17.9. The summed E-state index contributed by atoms with van der Waals surface area (Å²) >= 11 is 1.52. The van der Waals surface area contributed by atoms with Crippen LogP contribution in [0.25, 0.3) is 0 Å². The second kappa shape index (κ2) is 10.7. The minimum Gasteiger partial charge on any atom is -0.488 e. The van der Waals surface area contributed by atoms with E-state index in [4.69, 9.17) is 9.47 Å². The quantitative estimate of drug-likeness (QED) is 0.667. The number of morpholine rings is 1. The van der Waals surface area contributed by atoms with Gasteiger partial charge in [0.15, 0.2) is 0 Å². The molecule has 0 saturated carbocycles. The number of nitrogens with one attached hydrogen (secondary N) is 2. The van der Waals surface area contributed by atoms with E-state index < -0.39 is 0 Å². The molecule has 0 bridgehead atoms. The number of nitrogens with zero attached hydrogens (tertiary/aromatic N) is 1. The lowest BCUT2D eigenvalue weighted by Gasteiger charge is -2.26. The van der Waals surface area contributed by atoms with Crippen LogP contribution in [0.4, 0.5) is 0 Å². The molecule has 0 atom stereocenters. The second-order valence-corrected chi connectivity index (χ2v) is 9.03. The van der Waals surface area contributed by atoms with Gasteiger partial charge >= 0.3 is 0 Å². The highest BCUT2D eigenvalue weighted by Crippen LogP contribution is 2.27. The molecule has 3 amide bonds. The molecule has 2 aromatic rings. The number of carbonyl (C=O) groups is 3. The van der Waals surface area contributed by atoms with Gasteiger partial charge < -0.3 is 14.8 Å². The number of ether oxygens (including phenoxy) is 2. The van der Waals surface area contributed by atoms with Gasteiger partial charge in [0.2, 0.25) is 11.8 Å². The molecule has 0 radical (unpaired) electrons. The van der Waals surface area contributed by atoms with Gasteiger partial charge in [0.05, 0.1) is 18.1 Å². The number of amides is 3. The monoisotopic (exact) mass is 459 g/mol.